The molecule has 0 fully saturated rings. The zero-order valence-electron chi connectivity index (χ0n) is 12.8. The number of anilines is 1. The Hall–Kier alpha value is -3.07. The van der Waals surface area contributed by atoms with E-state index in [9.17, 15) is 9.59 Å². The zero-order chi connectivity index (χ0) is 17.6. The molecule has 0 aliphatic rings. The smallest absolute Gasteiger partial charge is 0.338 e. The van der Waals surface area contributed by atoms with Gasteiger partial charge in [0, 0.05) is 10.2 Å². The summed E-state index contributed by atoms with van der Waals surface area (Å²) >= 11 is 3.31. The second-order valence-corrected chi connectivity index (χ2v) is 5.85. The van der Waals surface area contributed by atoms with Gasteiger partial charge in [-0.1, -0.05) is 22.0 Å². The minimum Gasteiger partial charge on any atom is -0.452 e. The molecule has 0 aliphatic heterocycles. The number of carbonyl (C=O) groups excluding carboxylic acids is 2. The van der Waals surface area contributed by atoms with Crippen molar-refractivity contribution >= 4 is 33.5 Å². The summed E-state index contributed by atoms with van der Waals surface area (Å²) in [7, 11) is 0. The fourth-order valence-electron chi connectivity index (χ4n) is 2.00. The maximum absolute atomic E-state index is 12.1. The zero-order valence-corrected chi connectivity index (χ0v) is 14.4. The van der Waals surface area contributed by atoms with E-state index in [4.69, 9.17) is 4.74 Å². The van der Waals surface area contributed by atoms with Gasteiger partial charge < -0.3 is 10.1 Å². The first kappa shape index (κ1) is 16.8. The fourth-order valence-corrected chi connectivity index (χ4v) is 2.26. The van der Waals surface area contributed by atoms with Gasteiger partial charge in [-0.25, -0.2) is 9.48 Å². The molecule has 1 amide bonds. The number of esters is 1. The van der Waals surface area contributed by atoms with E-state index in [0.717, 1.165) is 4.47 Å². The number of nitrogens with one attached hydrogen (secondary N) is 1. The minimum atomic E-state index is -0.610. The number of amides is 1. The SMILES string of the molecule is O=C(COC(=O)c1cccc(-n2cnnn2)c1)Nc1ccc(Br)cc1. The van der Waals surface area contributed by atoms with Crippen LogP contribution in [-0.2, 0) is 9.53 Å². The first-order valence-electron chi connectivity index (χ1n) is 7.18. The highest BCUT2D eigenvalue weighted by molar-refractivity contribution is 9.10. The van der Waals surface area contributed by atoms with Crippen molar-refractivity contribution < 1.29 is 14.3 Å². The summed E-state index contributed by atoms with van der Waals surface area (Å²) in [6, 6.07) is 13.6. The van der Waals surface area contributed by atoms with E-state index in [1.807, 2.05) is 0 Å². The highest BCUT2D eigenvalue weighted by Crippen LogP contribution is 2.14. The molecule has 126 valence electrons. The maximum Gasteiger partial charge on any atom is 0.338 e. The number of tetrazole rings is 1. The standard InChI is InChI=1S/C16H12BrN5O3/c17-12-4-6-13(7-5-12)19-15(23)9-25-16(24)11-2-1-3-14(8-11)22-10-18-20-21-22/h1-8,10H,9H2,(H,19,23). The first-order valence-corrected chi connectivity index (χ1v) is 7.97. The number of ether oxygens (including phenoxy) is 1. The molecule has 0 bridgehead atoms. The number of halogens is 1. The lowest BCUT2D eigenvalue weighted by Gasteiger charge is -2.07. The number of rotatable bonds is 5. The Morgan fingerprint density at radius 3 is 2.68 bits per heavy atom. The summed E-state index contributed by atoms with van der Waals surface area (Å²) in [5.74, 6) is -1.03. The predicted molar refractivity (Wildman–Crippen MR) is 92.2 cm³/mol. The number of hydrogen-bond donors (Lipinski definition) is 1. The van der Waals surface area contributed by atoms with Crippen molar-refractivity contribution in [2.75, 3.05) is 11.9 Å². The lowest BCUT2D eigenvalue weighted by molar-refractivity contribution is -0.119. The van der Waals surface area contributed by atoms with Crippen molar-refractivity contribution in [3.8, 4) is 5.69 Å². The summed E-state index contributed by atoms with van der Waals surface area (Å²) in [5.41, 5.74) is 1.52. The molecule has 1 aromatic heterocycles. The minimum absolute atomic E-state index is 0.296. The van der Waals surface area contributed by atoms with Gasteiger partial charge in [-0.2, -0.15) is 0 Å². The van der Waals surface area contributed by atoms with Crippen LogP contribution in [-0.4, -0.2) is 38.7 Å². The highest BCUT2D eigenvalue weighted by atomic mass is 79.9. The molecule has 0 radical (unpaired) electrons. The molecule has 9 heteroatoms. The van der Waals surface area contributed by atoms with Crippen LogP contribution < -0.4 is 5.32 Å². The summed E-state index contributed by atoms with van der Waals surface area (Å²) in [4.78, 5) is 24.0. The van der Waals surface area contributed by atoms with Gasteiger partial charge in [-0.05, 0) is 52.9 Å². The number of nitrogens with zero attached hydrogens (tertiary/aromatic N) is 4. The van der Waals surface area contributed by atoms with Crippen molar-refractivity contribution in [1.29, 1.82) is 0 Å². The van der Waals surface area contributed by atoms with Gasteiger partial charge in [-0.3, -0.25) is 4.79 Å². The van der Waals surface area contributed by atoms with Crippen LogP contribution >= 0.6 is 15.9 Å². The van der Waals surface area contributed by atoms with Crippen LogP contribution in [0.1, 0.15) is 10.4 Å². The number of carbonyl (C=O) groups is 2. The Morgan fingerprint density at radius 2 is 1.96 bits per heavy atom. The van der Waals surface area contributed by atoms with E-state index in [0.29, 0.717) is 16.9 Å². The Labute approximate surface area is 150 Å². The molecule has 0 saturated heterocycles. The third kappa shape index (κ3) is 4.48. The lowest BCUT2D eigenvalue weighted by atomic mass is 10.2. The van der Waals surface area contributed by atoms with Crippen molar-refractivity contribution in [1.82, 2.24) is 20.2 Å². The first-order chi connectivity index (χ1) is 12.1. The van der Waals surface area contributed by atoms with E-state index in [1.165, 1.54) is 11.0 Å². The Balaban J connectivity index is 1.58. The molecule has 0 atom stereocenters. The van der Waals surface area contributed by atoms with Gasteiger partial charge in [0.2, 0.25) is 0 Å². The molecule has 0 unspecified atom stereocenters. The van der Waals surface area contributed by atoms with Crippen molar-refractivity contribution in [3.63, 3.8) is 0 Å². The maximum atomic E-state index is 12.1. The summed E-state index contributed by atoms with van der Waals surface area (Å²) in [6.45, 7) is -0.385. The van der Waals surface area contributed by atoms with E-state index in [-0.39, 0.29) is 6.61 Å². The van der Waals surface area contributed by atoms with E-state index in [2.05, 4.69) is 36.8 Å². The molecule has 3 aromatic rings. The average molecular weight is 402 g/mol. The molecule has 25 heavy (non-hydrogen) atoms. The Morgan fingerprint density at radius 1 is 1.16 bits per heavy atom. The Bertz CT molecular complexity index is 881. The predicted octanol–water partition coefficient (Wildman–Crippen LogP) is 2.22. The second kappa shape index (κ2) is 7.67. The average Bonchev–Trinajstić information content (AvgIpc) is 3.16. The quantitative estimate of drug-likeness (QED) is 0.658. The molecule has 8 nitrogen and oxygen atoms in total. The molecule has 2 aromatic carbocycles. The summed E-state index contributed by atoms with van der Waals surface area (Å²) in [6.07, 6.45) is 1.41. The molecule has 1 heterocycles. The van der Waals surface area contributed by atoms with Gasteiger partial charge in [0.1, 0.15) is 6.33 Å². The van der Waals surface area contributed by atoms with Crippen LogP contribution in [0.25, 0.3) is 5.69 Å². The molecular formula is C16H12BrN5O3. The fraction of sp³-hybridized carbons (Fsp3) is 0.0625. The van der Waals surface area contributed by atoms with Gasteiger partial charge in [0.25, 0.3) is 5.91 Å². The topological polar surface area (TPSA) is 99.0 Å². The highest BCUT2D eigenvalue weighted by Gasteiger charge is 2.12. The van der Waals surface area contributed by atoms with E-state index in [1.54, 1.807) is 48.5 Å². The number of aromatic nitrogens is 4. The van der Waals surface area contributed by atoms with Crippen LogP contribution in [0.4, 0.5) is 5.69 Å². The molecule has 0 aliphatic carbocycles. The third-order valence-electron chi connectivity index (χ3n) is 3.16. The number of hydrogen-bond acceptors (Lipinski definition) is 6. The van der Waals surface area contributed by atoms with Gasteiger partial charge in [0.05, 0.1) is 11.3 Å². The molecule has 1 N–H and O–H groups in total. The van der Waals surface area contributed by atoms with Gasteiger partial charge >= 0.3 is 5.97 Å². The third-order valence-corrected chi connectivity index (χ3v) is 3.69. The van der Waals surface area contributed by atoms with Crippen LogP contribution in [0.3, 0.4) is 0 Å². The van der Waals surface area contributed by atoms with E-state index < -0.39 is 11.9 Å². The summed E-state index contributed by atoms with van der Waals surface area (Å²) in [5, 5.41) is 13.5. The summed E-state index contributed by atoms with van der Waals surface area (Å²) < 4.78 is 7.35. The lowest BCUT2D eigenvalue weighted by Crippen LogP contribution is -2.21. The monoisotopic (exact) mass is 401 g/mol. The van der Waals surface area contributed by atoms with Crippen molar-refractivity contribution in [2.45, 2.75) is 0 Å². The van der Waals surface area contributed by atoms with E-state index >= 15 is 0 Å². The van der Waals surface area contributed by atoms with Crippen molar-refractivity contribution in [3.05, 3.63) is 64.9 Å². The Kier molecular flexibility index (Phi) is 5.14. The van der Waals surface area contributed by atoms with Crippen LogP contribution in [0, 0.1) is 0 Å². The molecule has 0 saturated carbocycles. The van der Waals surface area contributed by atoms with Crippen LogP contribution in [0.15, 0.2) is 59.3 Å². The van der Waals surface area contributed by atoms with Gasteiger partial charge in [-0.15, -0.1) is 5.10 Å². The van der Waals surface area contributed by atoms with Crippen LogP contribution in [0.5, 0.6) is 0 Å². The second-order valence-electron chi connectivity index (χ2n) is 4.94. The van der Waals surface area contributed by atoms with Crippen LogP contribution in [0.2, 0.25) is 0 Å². The molecular weight excluding hydrogens is 390 g/mol. The molecule has 0 spiro atoms. The van der Waals surface area contributed by atoms with Gasteiger partial charge in [0.15, 0.2) is 6.61 Å². The normalized spacial score (nSPS) is 10.3. The molecule has 3 rings (SSSR count). The largest absolute Gasteiger partial charge is 0.452 e. The number of benzene rings is 2. The van der Waals surface area contributed by atoms with Crippen molar-refractivity contribution in [2.24, 2.45) is 0 Å².